The second kappa shape index (κ2) is 6.28. The third kappa shape index (κ3) is 3.24. The second-order valence-electron chi connectivity index (χ2n) is 4.54. The maximum atomic E-state index is 12.0. The van der Waals surface area contributed by atoms with Crippen molar-refractivity contribution in [2.24, 2.45) is 5.92 Å². The van der Waals surface area contributed by atoms with E-state index in [2.05, 4.69) is 22.9 Å². The molecule has 0 saturated heterocycles. The van der Waals surface area contributed by atoms with E-state index in [1.165, 1.54) is 0 Å². The number of hydrogen-bond donors (Lipinski definition) is 0. The molecule has 4 heteroatoms. The van der Waals surface area contributed by atoms with Crippen LogP contribution in [0.15, 0.2) is 17.2 Å². The van der Waals surface area contributed by atoms with Gasteiger partial charge in [0.25, 0.3) is 0 Å². The van der Waals surface area contributed by atoms with Gasteiger partial charge in [-0.3, -0.25) is 9.13 Å². The molecule has 92 valence electrons. The molecule has 1 heterocycles. The summed E-state index contributed by atoms with van der Waals surface area (Å²) in [6.45, 7) is 7.05. The van der Waals surface area contributed by atoms with Crippen molar-refractivity contribution in [2.45, 2.75) is 46.2 Å². The topological polar surface area (TPSA) is 26.9 Å². The zero-order valence-corrected chi connectivity index (χ0v) is 11.9. The molecule has 0 amide bonds. The van der Waals surface area contributed by atoms with Crippen molar-refractivity contribution in [1.29, 1.82) is 0 Å². The molecule has 0 radical (unpaired) electrons. The molecule has 0 aliphatic heterocycles. The summed E-state index contributed by atoms with van der Waals surface area (Å²) in [7, 11) is 0. The Morgan fingerprint density at radius 2 is 2.06 bits per heavy atom. The van der Waals surface area contributed by atoms with Crippen molar-refractivity contribution >= 4 is 15.9 Å². The number of rotatable bonds is 6. The molecule has 0 N–H and O–H groups in total. The second-order valence-corrected chi connectivity index (χ2v) is 5.19. The fourth-order valence-corrected chi connectivity index (χ4v) is 2.39. The van der Waals surface area contributed by atoms with Gasteiger partial charge in [0.1, 0.15) is 0 Å². The van der Waals surface area contributed by atoms with E-state index in [-0.39, 0.29) is 11.7 Å². The molecule has 0 bridgehead atoms. The van der Waals surface area contributed by atoms with E-state index in [0.717, 1.165) is 24.7 Å². The zero-order valence-electron chi connectivity index (χ0n) is 10.3. The van der Waals surface area contributed by atoms with Crippen LogP contribution >= 0.6 is 15.9 Å². The molecule has 1 rings (SSSR count). The van der Waals surface area contributed by atoms with Crippen LogP contribution in [0.4, 0.5) is 0 Å². The van der Waals surface area contributed by atoms with E-state index < -0.39 is 0 Å². The minimum absolute atomic E-state index is 0.108. The summed E-state index contributed by atoms with van der Waals surface area (Å²) in [5, 5.41) is 0.958. The molecule has 0 aromatic carbocycles. The Labute approximate surface area is 106 Å². The normalized spacial score (nSPS) is 13.3. The van der Waals surface area contributed by atoms with E-state index in [0.29, 0.717) is 5.92 Å². The molecule has 3 nitrogen and oxygen atoms in total. The third-order valence-corrected chi connectivity index (χ3v) is 3.72. The standard InChI is InChI=1S/C12H21BrN2O/c1-4-5-11(8-13)9-14-6-7-15(10(2)3)12(14)16/h6-7,10-11H,4-5,8-9H2,1-3H3. The highest BCUT2D eigenvalue weighted by Crippen LogP contribution is 2.12. The summed E-state index contributed by atoms with van der Waals surface area (Å²) >= 11 is 3.51. The SMILES string of the molecule is CCCC(CBr)Cn1ccn(C(C)C)c1=O. The smallest absolute Gasteiger partial charge is 0.299 e. The van der Waals surface area contributed by atoms with Crippen LogP contribution in [0, 0.1) is 5.92 Å². The molecule has 16 heavy (non-hydrogen) atoms. The fraction of sp³-hybridized carbons (Fsp3) is 0.750. The Bertz CT molecular complexity index is 367. The minimum atomic E-state index is 0.108. The van der Waals surface area contributed by atoms with Crippen molar-refractivity contribution in [2.75, 3.05) is 5.33 Å². The van der Waals surface area contributed by atoms with Crippen LogP contribution in [-0.2, 0) is 6.54 Å². The molecule has 0 saturated carbocycles. The maximum Gasteiger partial charge on any atom is 0.328 e. The number of hydrogen-bond acceptors (Lipinski definition) is 1. The number of halogens is 1. The lowest BCUT2D eigenvalue weighted by atomic mass is 10.1. The minimum Gasteiger partial charge on any atom is -0.299 e. The van der Waals surface area contributed by atoms with Crippen molar-refractivity contribution in [3.63, 3.8) is 0 Å². The first-order valence-corrected chi connectivity index (χ1v) is 7.05. The number of alkyl halides is 1. The van der Waals surface area contributed by atoms with Gasteiger partial charge in [0, 0.05) is 30.3 Å². The monoisotopic (exact) mass is 288 g/mol. The highest BCUT2D eigenvalue weighted by atomic mass is 79.9. The highest BCUT2D eigenvalue weighted by molar-refractivity contribution is 9.09. The maximum absolute atomic E-state index is 12.0. The quantitative estimate of drug-likeness (QED) is 0.739. The molecule has 1 aromatic rings. The van der Waals surface area contributed by atoms with E-state index in [1.54, 1.807) is 4.57 Å². The van der Waals surface area contributed by atoms with Crippen molar-refractivity contribution in [1.82, 2.24) is 9.13 Å². The van der Waals surface area contributed by atoms with Crippen LogP contribution in [0.3, 0.4) is 0 Å². The lowest BCUT2D eigenvalue weighted by Crippen LogP contribution is -2.27. The first-order valence-electron chi connectivity index (χ1n) is 5.93. The Kier molecular flexibility index (Phi) is 5.32. The van der Waals surface area contributed by atoms with Gasteiger partial charge in [0.2, 0.25) is 0 Å². The first-order chi connectivity index (χ1) is 7.60. The van der Waals surface area contributed by atoms with Gasteiger partial charge in [-0.25, -0.2) is 4.79 Å². The summed E-state index contributed by atoms with van der Waals surface area (Å²) in [5.41, 5.74) is 0.108. The van der Waals surface area contributed by atoms with Gasteiger partial charge in [0.05, 0.1) is 0 Å². The summed E-state index contributed by atoms with van der Waals surface area (Å²) in [4.78, 5) is 12.0. The highest BCUT2D eigenvalue weighted by Gasteiger charge is 2.11. The van der Waals surface area contributed by atoms with Crippen LogP contribution in [0.2, 0.25) is 0 Å². The van der Waals surface area contributed by atoms with Gasteiger partial charge in [-0.15, -0.1) is 0 Å². The van der Waals surface area contributed by atoms with Gasteiger partial charge in [-0.05, 0) is 26.2 Å². The van der Waals surface area contributed by atoms with Crippen molar-refractivity contribution in [3.05, 3.63) is 22.9 Å². The summed E-state index contributed by atoms with van der Waals surface area (Å²) in [6, 6.07) is 0.238. The van der Waals surface area contributed by atoms with Gasteiger partial charge in [0.15, 0.2) is 0 Å². The number of aromatic nitrogens is 2. The Balaban J connectivity index is 2.77. The number of imidazole rings is 1. The Morgan fingerprint density at radius 1 is 1.38 bits per heavy atom. The fourth-order valence-electron chi connectivity index (χ4n) is 1.86. The number of nitrogens with zero attached hydrogens (tertiary/aromatic N) is 2. The molecule has 0 aliphatic rings. The summed E-state index contributed by atoms with van der Waals surface area (Å²) < 4.78 is 3.60. The predicted molar refractivity (Wildman–Crippen MR) is 71.3 cm³/mol. The lowest BCUT2D eigenvalue weighted by Gasteiger charge is -2.13. The van der Waals surface area contributed by atoms with Gasteiger partial charge < -0.3 is 0 Å². The van der Waals surface area contributed by atoms with Gasteiger partial charge >= 0.3 is 5.69 Å². The average Bonchev–Trinajstić information content (AvgIpc) is 2.60. The molecular weight excluding hydrogens is 268 g/mol. The van der Waals surface area contributed by atoms with Crippen LogP contribution in [0.5, 0.6) is 0 Å². The molecule has 1 aromatic heterocycles. The van der Waals surface area contributed by atoms with Crippen LogP contribution < -0.4 is 5.69 Å². The van der Waals surface area contributed by atoms with Gasteiger partial charge in [-0.1, -0.05) is 29.3 Å². The van der Waals surface area contributed by atoms with Crippen molar-refractivity contribution in [3.8, 4) is 0 Å². The lowest BCUT2D eigenvalue weighted by molar-refractivity contribution is 0.438. The van der Waals surface area contributed by atoms with E-state index in [4.69, 9.17) is 0 Å². The van der Waals surface area contributed by atoms with Crippen molar-refractivity contribution < 1.29 is 0 Å². The molecule has 0 aliphatic carbocycles. The third-order valence-electron chi connectivity index (χ3n) is 2.80. The zero-order chi connectivity index (χ0) is 12.1. The average molecular weight is 289 g/mol. The van der Waals surface area contributed by atoms with E-state index in [9.17, 15) is 4.79 Å². The molecule has 1 atom stereocenters. The first kappa shape index (κ1) is 13.6. The Morgan fingerprint density at radius 3 is 2.50 bits per heavy atom. The molecular formula is C12H21BrN2O. The van der Waals surface area contributed by atoms with E-state index >= 15 is 0 Å². The molecule has 0 fully saturated rings. The van der Waals surface area contributed by atoms with E-state index in [1.807, 2.05) is 30.8 Å². The molecule has 0 spiro atoms. The van der Waals surface area contributed by atoms with Gasteiger partial charge in [-0.2, -0.15) is 0 Å². The Hall–Kier alpha value is -0.510. The van der Waals surface area contributed by atoms with Crippen LogP contribution in [0.25, 0.3) is 0 Å². The summed E-state index contributed by atoms with van der Waals surface area (Å²) in [6.07, 6.45) is 6.10. The predicted octanol–water partition coefficient (Wildman–Crippen LogP) is 3.04. The van der Waals surface area contributed by atoms with Crippen LogP contribution in [-0.4, -0.2) is 14.5 Å². The molecule has 1 unspecified atom stereocenters. The largest absolute Gasteiger partial charge is 0.328 e. The summed E-state index contributed by atoms with van der Waals surface area (Å²) in [5.74, 6) is 0.547. The van der Waals surface area contributed by atoms with Crippen LogP contribution in [0.1, 0.15) is 39.7 Å².